The van der Waals surface area contributed by atoms with E-state index in [-0.39, 0.29) is 11.8 Å². The number of nitrogens with two attached hydrogens (primary N) is 2. The van der Waals surface area contributed by atoms with Crippen molar-refractivity contribution in [1.29, 1.82) is 0 Å². The van der Waals surface area contributed by atoms with Crippen molar-refractivity contribution in [3.05, 3.63) is 161 Å². The SMILES string of the molecule is COCCOCCOCCN(CCOCCOCCOC)c1cc(C(c2ccccc2)c2ccccc2)c(N)c(C(c2ccccc2)c2ccccc2)c1N. The molecule has 0 unspecified atom stereocenters. The lowest BCUT2D eigenvalue weighted by molar-refractivity contribution is 0.0235. The average molecular weight is 748 g/mol. The van der Waals surface area contributed by atoms with Crippen molar-refractivity contribution in [3.63, 3.8) is 0 Å². The summed E-state index contributed by atoms with van der Waals surface area (Å²) in [5.41, 5.74) is 23.5. The van der Waals surface area contributed by atoms with E-state index in [2.05, 4.69) is 108 Å². The van der Waals surface area contributed by atoms with Gasteiger partial charge < -0.3 is 44.8 Å². The number of benzene rings is 5. The van der Waals surface area contributed by atoms with Crippen LogP contribution in [0, 0.1) is 0 Å². The van der Waals surface area contributed by atoms with E-state index in [1.54, 1.807) is 14.2 Å². The van der Waals surface area contributed by atoms with Gasteiger partial charge in [-0.3, -0.25) is 0 Å². The maximum absolute atomic E-state index is 7.49. The Morgan fingerprint density at radius 1 is 0.436 bits per heavy atom. The summed E-state index contributed by atoms with van der Waals surface area (Å²) in [6.07, 6.45) is 0. The number of ether oxygens (including phenoxy) is 6. The molecule has 9 nitrogen and oxygen atoms in total. The molecule has 0 spiro atoms. The maximum atomic E-state index is 7.49. The molecule has 0 aromatic heterocycles. The minimum Gasteiger partial charge on any atom is -0.398 e. The van der Waals surface area contributed by atoms with Crippen LogP contribution in [-0.2, 0) is 28.4 Å². The van der Waals surface area contributed by atoms with Crippen molar-refractivity contribution in [3.8, 4) is 0 Å². The molecule has 0 heterocycles. The second-order valence-corrected chi connectivity index (χ2v) is 13.2. The van der Waals surface area contributed by atoms with Gasteiger partial charge in [0, 0.05) is 50.4 Å². The Morgan fingerprint density at radius 2 is 0.782 bits per heavy atom. The van der Waals surface area contributed by atoms with Crippen LogP contribution in [0.1, 0.15) is 45.2 Å². The second kappa shape index (κ2) is 23.2. The molecule has 0 aliphatic heterocycles. The Labute approximate surface area is 327 Å². The fraction of sp³-hybridized carbons (Fsp3) is 0.348. The zero-order valence-corrected chi connectivity index (χ0v) is 32.3. The summed E-state index contributed by atoms with van der Waals surface area (Å²) in [7, 11) is 3.33. The van der Waals surface area contributed by atoms with E-state index in [0.29, 0.717) is 90.5 Å². The Kier molecular flexibility index (Phi) is 17.5. The van der Waals surface area contributed by atoms with Crippen molar-refractivity contribution in [1.82, 2.24) is 0 Å². The minimum absolute atomic E-state index is 0.157. The molecular formula is C46H57N3O6. The van der Waals surface area contributed by atoms with E-state index in [1.165, 1.54) is 0 Å². The van der Waals surface area contributed by atoms with Crippen molar-refractivity contribution in [2.24, 2.45) is 0 Å². The number of nitrogen functional groups attached to an aromatic ring is 2. The van der Waals surface area contributed by atoms with Gasteiger partial charge in [0.15, 0.2) is 0 Å². The molecule has 0 aliphatic carbocycles. The molecule has 0 atom stereocenters. The number of hydrogen-bond donors (Lipinski definition) is 2. The fourth-order valence-electron chi connectivity index (χ4n) is 6.84. The molecule has 5 aromatic carbocycles. The standard InChI is InChI=1S/C46H57N3O6/c1-50-27-29-54-33-31-52-25-23-49(24-26-53-32-34-55-30-28-51-2)41-35-40(42(36-15-7-3-8-16-36)37-17-9-4-10-18-37)45(47)44(46(41)48)43(38-19-11-5-12-20-38)39-21-13-6-14-22-39/h3-22,35,42-43H,23-34,47-48H2,1-2H3. The molecule has 0 radical (unpaired) electrons. The van der Waals surface area contributed by atoms with E-state index in [0.717, 1.165) is 39.1 Å². The van der Waals surface area contributed by atoms with Crippen LogP contribution in [0.15, 0.2) is 127 Å². The van der Waals surface area contributed by atoms with Gasteiger partial charge in [0.1, 0.15) is 0 Å². The lowest BCUT2D eigenvalue weighted by atomic mass is 9.78. The predicted octanol–water partition coefficient (Wildman–Crippen LogP) is 7.38. The van der Waals surface area contributed by atoms with Crippen molar-refractivity contribution in [2.45, 2.75) is 11.8 Å². The van der Waals surface area contributed by atoms with Crippen LogP contribution < -0.4 is 16.4 Å². The average Bonchev–Trinajstić information content (AvgIpc) is 3.23. The van der Waals surface area contributed by atoms with Gasteiger partial charge in [-0.15, -0.1) is 0 Å². The Hall–Kier alpha value is -4.74. The summed E-state index contributed by atoms with van der Waals surface area (Å²) in [6, 6.07) is 44.2. The molecule has 4 N–H and O–H groups in total. The summed E-state index contributed by atoms with van der Waals surface area (Å²) in [5, 5.41) is 0. The van der Waals surface area contributed by atoms with E-state index in [1.807, 2.05) is 24.3 Å². The zero-order valence-electron chi connectivity index (χ0n) is 32.3. The summed E-state index contributed by atoms with van der Waals surface area (Å²) >= 11 is 0. The molecule has 0 fully saturated rings. The van der Waals surface area contributed by atoms with Gasteiger partial charge in [0.05, 0.1) is 77.4 Å². The lowest BCUT2D eigenvalue weighted by Gasteiger charge is -2.33. The quantitative estimate of drug-likeness (QED) is 0.0359. The monoisotopic (exact) mass is 747 g/mol. The van der Waals surface area contributed by atoms with E-state index < -0.39 is 0 Å². The van der Waals surface area contributed by atoms with E-state index in [9.17, 15) is 0 Å². The maximum Gasteiger partial charge on any atom is 0.0701 e. The molecule has 55 heavy (non-hydrogen) atoms. The van der Waals surface area contributed by atoms with Crippen LogP contribution in [0.4, 0.5) is 17.1 Å². The number of anilines is 3. The summed E-state index contributed by atoms with van der Waals surface area (Å²) in [6.45, 7) is 6.12. The first kappa shape index (κ1) is 41.4. The number of nitrogens with zero attached hydrogens (tertiary/aromatic N) is 1. The Morgan fingerprint density at radius 3 is 1.16 bits per heavy atom. The van der Waals surface area contributed by atoms with E-state index in [4.69, 9.17) is 39.9 Å². The third-order valence-electron chi connectivity index (χ3n) is 9.55. The molecule has 0 saturated heterocycles. The molecule has 9 heteroatoms. The van der Waals surface area contributed by atoms with Crippen molar-refractivity contribution >= 4 is 17.1 Å². The highest BCUT2D eigenvalue weighted by molar-refractivity contribution is 5.83. The molecule has 0 saturated carbocycles. The Bertz CT molecular complexity index is 1680. The van der Waals surface area contributed by atoms with Crippen LogP contribution in [-0.4, -0.2) is 93.4 Å². The van der Waals surface area contributed by atoms with Crippen LogP contribution in [0.5, 0.6) is 0 Å². The van der Waals surface area contributed by atoms with Gasteiger partial charge in [-0.05, 0) is 33.9 Å². The van der Waals surface area contributed by atoms with Gasteiger partial charge in [-0.2, -0.15) is 0 Å². The molecule has 292 valence electrons. The smallest absolute Gasteiger partial charge is 0.0701 e. The van der Waals surface area contributed by atoms with E-state index >= 15 is 0 Å². The minimum atomic E-state index is -0.226. The van der Waals surface area contributed by atoms with Gasteiger partial charge in [-0.25, -0.2) is 0 Å². The molecule has 0 aliphatic rings. The number of rotatable bonds is 25. The topological polar surface area (TPSA) is 111 Å². The highest BCUT2D eigenvalue weighted by atomic mass is 16.5. The summed E-state index contributed by atoms with van der Waals surface area (Å²) in [4.78, 5) is 2.26. The highest BCUT2D eigenvalue weighted by Gasteiger charge is 2.30. The number of methoxy groups -OCH3 is 2. The zero-order chi connectivity index (χ0) is 38.5. The third-order valence-corrected chi connectivity index (χ3v) is 9.55. The van der Waals surface area contributed by atoms with Crippen molar-refractivity contribution < 1.29 is 28.4 Å². The van der Waals surface area contributed by atoms with Crippen LogP contribution in [0.25, 0.3) is 0 Å². The van der Waals surface area contributed by atoms with Crippen LogP contribution in [0.3, 0.4) is 0 Å². The molecule has 5 rings (SSSR count). The van der Waals surface area contributed by atoms with Crippen LogP contribution >= 0.6 is 0 Å². The lowest BCUT2D eigenvalue weighted by Crippen LogP contribution is -2.33. The molecule has 5 aromatic rings. The van der Waals surface area contributed by atoms with Gasteiger partial charge in [0.2, 0.25) is 0 Å². The predicted molar refractivity (Wildman–Crippen MR) is 222 cm³/mol. The van der Waals surface area contributed by atoms with Gasteiger partial charge in [-0.1, -0.05) is 121 Å². The fourth-order valence-corrected chi connectivity index (χ4v) is 6.84. The first-order valence-corrected chi connectivity index (χ1v) is 19.1. The first-order valence-electron chi connectivity index (χ1n) is 19.1. The first-order chi connectivity index (χ1) is 27.1. The molecule has 0 bridgehead atoms. The summed E-state index contributed by atoms with van der Waals surface area (Å²) < 4.78 is 33.7. The third kappa shape index (κ3) is 12.1. The molecule has 0 amide bonds. The molecular weight excluding hydrogens is 691 g/mol. The van der Waals surface area contributed by atoms with Gasteiger partial charge >= 0.3 is 0 Å². The van der Waals surface area contributed by atoms with Gasteiger partial charge in [0.25, 0.3) is 0 Å². The van der Waals surface area contributed by atoms with Crippen LogP contribution in [0.2, 0.25) is 0 Å². The highest BCUT2D eigenvalue weighted by Crippen LogP contribution is 2.48. The second-order valence-electron chi connectivity index (χ2n) is 13.2. The number of hydrogen-bond acceptors (Lipinski definition) is 9. The Balaban J connectivity index is 1.61. The largest absolute Gasteiger partial charge is 0.398 e. The normalized spacial score (nSPS) is 11.4. The summed E-state index contributed by atoms with van der Waals surface area (Å²) in [5.74, 6) is -0.383. The van der Waals surface area contributed by atoms with Crippen molar-refractivity contribution in [2.75, 3.05) is 110 Å².